The van der Waals surface area contributed by atoms with Gasteiger partial charge < -0.3 is 15.3 Å². The van der Waals surface area contributed by atoms with Crippen molar-refractivity contribution in [2.75, 3.05) is 13.6 Å². The van der Waals surface area contributed by atoms with E-state index >= 15 is 0 Å². The highest BCUT2D eigenvalue weighted by Gasteiger charge is 2.30. The summed E-state index contributed by atoms with van der Waals surface area (Å²) in [6, 6.07) is 0.115. The first kappa shape index (κ1) is 21.6. The normalized spacial score (nSPS) is 23.1. The Morgan fingerprint density at radius 1 is 1.24 bits per heavy atom. The van der Waals surface area contributed by atoms with Crippen molar-refractivity contribution in [3.63, 3.8) is 0 Å². The number of hydrogen-bond acceptors (Lipinski definition) is 3. The highest BCUT2D eigenvalue weighted by molar-refractivity contribution is 5.82. The summed E-state index contributed by atoms with van der Waals surface area (Å²) in [6.45, 7) is 7.02. The molecular formula is C19H32F2N2O2. The molecule has 0 aromatic rings. The Labute approximate surface area is 150 Å². The van der Waals surface area contributed by atoms with Gasteiger partial charge in [0.1, 0.15) is 5.83 Å². The van der Waals surface area contributed by atoms with Gasteiger partial charge in [0.15, 0.2) is 0 Å². The third-order valence-corrected chi connectivity index (χ3v) is 4.96. The average molecular weight is 358 g/mol. The quantitative estimate of drug-likeness (QED) is 0.680. The molecule has 0 saturated heterocycles. The zero-order valence-electron chi connectivity index (χ0n) is 16.0. The lowest BCUT2D eigenvalue weighted by atomic mass is 9.86. The number of carbonyl (C=O) groups is 1. The summed E-state index contributed by atoms with van der Waals surface area (Å²) in [5, 5.41) is 12.6. The molecule has 1 rings (SSSR count). The van der Waals surface area contributed by atoms with Crippen LogP contribution in [0.4, 0.5) is 8.78 Å². The van der Waals surface area contributed by atoms with E-state index in [1.165, 1.54) is 6.92 Å². The number of hydrogen-bond donors (Lipinski definition) is 2. The van der Waals surface area contributed by atoms with Gasteiger partial charge in [0.25, 0.3) is 0 Å². The van der Waals surface area contributed by atoms with Gasteiger partial charge in [-0.25, -0.2) is 8.78 Å². The van der Waals surface area contributed by atoms with Crippen LogP contribution in [0.2, 0.25) is 0 Å². The minimum Gasteiger partial charge on any atom is -0.393 e. The predicted molar refractivity (Wildman–Crippen MR) is 96.1 cm³/mol. The van der Waals surface area contributed by atoms with Gasteiger partial charge >= 0.3 is 0 Å². The summed E-state index contributed by atoms with van der Waals surface area (Å²) < 4.78 is 26.6. The first-order chi connectivity index (χ1) is 11.5. The minimum atomic E-state index is -0.606. The smallest absolute Gasteiger partial charge is 0.225 e. The molecule has 2 N–H and O–H groups in total. The van der Waals surface area contributed by atoms with Gasteiger partial charge in [0, 0.05) is 36.8 Å². The van der Waals surface area contributed by atoms with Crippen molar-refractivity contribution in [1.29, 1.82) is 0 Å². The Morgan fingerprint density at radius 2 is 1.80 bits per heavy atom. The summed E-state index contributed by atoms with van der Waals surface area (Å²) >= 11 is 0. The molecule has 0 aromatic carbocycles. The lowest BCUT2D eigenvalue weighted by Gasteiger charge is -2.32. The number of carbonyl (C=O) groups excluding carboxylic acids is 1. The zero-order valence-corrected chi connectivity index (χ0v) is 16.0. The monoisotopic (exact) mass is 358 g/mol. The van der Waals surface area contributed by atoms with E-state index in [2.05, 4.69) is 5.32 Å². The summed E-state index contributed by atoms with van der Waals surface area (Å²) in [4.78, 5) is 14.2. The fourth-order valence-corrected chi connectivity index (χ4v) is 2.79. The Kier molecular flexibility index (Phi) is 8.06. The second-order valence-electron chi connectivity index (χ2n) is 7.70. The molecule has 0 aromatic heterocycles. The number of allylic oxidation sites excluding steroid dienone is 4. The van der Waals surface area contributed by atoms with Crippen LogP contribution in [0.1, 0.15) is 59.8 Å². The molecule has 1 aliphatic rings. The number of amides is 1. The topological polar surface area (TPSA) is 52.6 Å². The van der Waals surface area contributed by atoms with Gasteiger partial charge in [-0.05, 0) is 46.0 Å². The van der Waals surface area contributed by atoms with E-state index in [4.69, 9.17) is 0 Å². The van der Waals surface area contributed by atoms with Crippen molar-refractivity contribution in [1.82, 2.24) is 10.2 Å². The Morgan fingerprint density at radius 3 is 2.32 bits per heavy atom. The van der Waals surface area contributed by atoms with E-state index in [1.54, 1.807) is 18.9 Å². The third-order valence-electron chi connectivity index (χ3n) is 4.96. The van der Waals surface area contributed by atoms with Gasteiger partial charge in [-0.3, -0.25) is 4.79 Å². The van der Waals surface area contributed by atoms with Crippen LogP contribution in [0.25, 0.3) is 0 Å². The molecule has 1 amide bonds. The van der Waals surface area contributed by atoms with Crippen LogP contribution in [0.15, 0.2) is 23.4 Å². The maximum Gasteiger partial charge on any atom is 0.225 e. The lowest BCUT2D eigenvalue weighted by molar-refractivity contribution is -0.131. The van der Waals surface area contributed by atoms with Crippen molar-refractivity contribution in [2.24, 2.45) is 5.41 Å². The second-order valence-corrected chi connectivity index (χ2v) is 7.70. The average Bonchev–Trinajstić information content (AvgIpc) is 2.53. The van der Waals surface area contributed by atoms with Crippen molar-refractivity contribution < 1.29 is 18.7 Å². The maximum atomic E-state index is 13.8. The molecule has 1 aliphatic carbocycles. The molecule has 1 saturated carbocycles. The molecule has 0 bridgehead atoms. The zero-order chi connectivity index (χ0) is 19.2. The summed E-state index contributed by atoms with van der Waals surface area (Å²) in [5.41, 5.74) is -0.248. The summed E-state index contributed by atoms with van der Waals surface area (Å²) in [7, 11) is 1.73. The van der Waals surface area contributed by atoms with Gasteiger partial charge in [-0.2, -0.15) is 0 Å². The van der Waals surface area contributed by atoms with Gasteiger partial charge in [0.2, 0.25) is 5.91 Å². The standard InChI is InChI=1S/C19H32F2N2O2/c1-13(20)12-17(21)14(2)23(5)11-10-19(3,4)18(25)22-15-6-8-16(24)9-7-15/h12,15-16,24H,6-11H2,1-5H3,(H,22,25)/b13-12+,17-14-. The Hall–Kier alpha value is -1.43. The van der Waals surface area contributed by atoms with E-state index < -0.39 is 17.1 Å². The van der Waals surface area contributed by atoms with E-state index in [-0.39, 0.29) is 18.1 Å². The van der Waals surface area contributed by atoms with Gasteiger partial charge in [0.05, 0.1) is 11.9 Å². The first-order valence-electron chi connectivity index (χ1n) is 8.93. The number of halogens is 2. The van der Waals surface area contributed by atoms with Crippen LogP contribution in [-0.4, -0.2) is 41.7 Å². The van der Waals surface area contributed by atoms with Gasteiger partial charge in [-0.1, -0.05) is 13.8 Å². The van der Waals surface area contributed by atoms with Crippen LogP contribution in [-0.2, 0) is 4.79 Å². The van der Waals surface area contributed by atoms with Crippen LogP contribution < -0.4 is 5.32 Å². The molecule has 4 nitrogen and oxygen atoms in total. The third kappa shape index (κ3) is 7.14. The largest absolute Gasteiger partial charge is 0.393 e. The fraction of sp³-hybridized carbons (Fsp3) is 0.737. The minimum absolute atomic E-state index is 0.0242. The molecule has 0 radical (unpaired) electrons. The maximum absolute atomic E-state index is 13.8. The highest BCUT2D eigenvalue weighted by atomic mass is 19.1. The van der Waals surface area contributed by atoms with E-state index in [9.17, 15) is 18.7 Å². The number of nitrogens with one attached hydrogen (secondary N) is 1. The molecule has 0 aliphatic heterocycles. The summed E-state index contributed by atoms with van der Waals surface area (Å²) in [5.74, 6) is -1.21. The molecule has 1 fully saturated rings. The Balaban J connectivity index is 2.56. The fourth-order valence-electron chi connectivity index (χ4n) is 2.79. The van der Waals surface area contributed by atoms with E-state index in [0.29, 0.717) is 18.7 Å². The lowest BCUT2D eigenvalue weighted by Crippen LogP contribution is -2.45. The van der Waals surface area contributed by atoms with Crippen LogP contribution in [0.5, 0.6) is 0 Å². The molecule has 6 heteroatoms. The van der Waals surface area contributed by atoms with Gasteiger partial charge in [-0.15, -0.1) is 0 Å². The molecular weight excluding hydrogens is 326 g/mol. The van der Waals surface area contributed by atoms with E-state index in [0.717, 1.165) is 31.8 Å². The van der Waals surface area contributed by atoms with Crippen LogP contribution in [0.3, 0.4) is 0 Å². The molecule has 0 heterocycles. The first-order valence-corrected chi connectivity index (χ1v) is 8.93. The summed E-state index contributed by atoms with van der Waals surface area (Å²) in [6.07, 6.45) is 4.20. The molecule has 0 unspecified atom stereocenters. The molecule has 25 heavy (non-hydrogen) atoms. The van der Waals surface area contributed by atoms with Crippen LogP contribution >= 0.6 is 0 Å². The van der Waals surface area contributed by atoms with Crippen LogP contribution in [0, 0.1) is 5.41 Å². The molecule has 0 spiro atoms. The SMILES string of the molecule is C/C(=C(F)\C=C(/C)F)N(C)CCC(C)(C)C(=O)NC1CCC(O)CC1. The number of nitrogens with zero attached hydrogens (tertiary/aromatic N) is 1. The predicted octanol–water partition coefficient (Wildman–Crippen LogP) is 3.83. The van der Waals surface area contributed by atoms with Crippen molar-refractivity contribution >= 4 is 5.91 Å². The Bertz CT molecular complexity index is 518. The number of aliphatic hydroxyl groups is 1. The van der Waals surface area contributed by atoms with Crippen molar-refractivity contribution in [3.05, 3.63) is 23.4 Å². The molecule has 144 valence electrons. The van der Waals surface area contributed by atoms with Crippen molar-refractivity contribution in [3.8, 4) is 0 Å². The van der Waals surface area contributed by atoms with E-state index in [1.807, 2.05) is 13.8 Å². The highest BCUT2D eigenvalue weighted by Crippen LogP contribution is 2.25. The second kappa shape index (κ2) is 9.32. The molecule has 0 atom stereocenters. The van der Waals surface area contributed by atoms with Crippen molar-refractivity contribution in [2.45, 2.75) is 71.9 Å². The number of aliphatic hydroxyl groups excluding tert-OH is 1. The number of rotatable bonds is 7.